The van der Waals surface area contributed by atoms with Gasteiger partial charge in [-0.3, -0.25) is 0 Å². The lowest BCUT2D eigenvalue weighted by Crippen LogP contribution is -2.27. The molecule has 1 fully saturated rings. The van der Waals surface area contributed by atoms with Crippen LogP contribution in [0.4, 0.5) is 17.3 Å². The summed E-state index contributed by atoms with van der Waals surface area (Å²) in [5.41, 5.74) is 4.88. The van der Waals surface area contributed by atoms with Gasteiger partial charge >= 0.3 is 0 Å². The van der Waals surface area contributed by atoms with Crippen LogP contribution >= 0.6 is 0 Å². The number of aliphatic hydroxyl groups excluding tert-OH is 1. The molecule has 0 saturated carbocycles. The van der Waals surface area contributed by atoms with E-state index in [0.717, 1.165) is 46.2 Å². The normalized spacial score (nSPS) is 15.9. The second kappa shape index (κ2) is 9.56. The summed E-state index contributed by atoms with van der Waals surface area (Å²) in [6.07, 6.45) is 5.96. The van der Waals surface area contributed by atoms with E-state index in [4.69, 9.17) is 10.1 Å². The van der Waals surface area contributed by atoms with E-state index in [0.29, 0.717) is 19.1 Å². The lowest BCUT2D eigenvalue weighted by Gasteiger charge is -2.23. The standard InChI is InChI=1S/C25H29N7O/c1-18-5-4-11-31(18)24-9-3-8-23(30-24)29-22-14-21(16-32-25(22)27-17-28-32)20-7-2-6-19(13-20)15-26-10-12-33/h2-3,6-9,13-14,16-18,26,33H,4-5,10-12,15H2,1H3,(H,29,30). The number of fused-ring (bicyclic) bond motifs is 1. The fourth-order valence-electron chi connectivity index (χ4n) is 4.41. The Hall–Kier alpha value is -3.49. The second-order valence-corrected chi connectivity index (χ2v) is 8.46. The molecule has 0 radical (unpaired) electrons. The van der Waals surface area contributed by atoms with Gasteiger partial charge in [0.1, 0.15) is 18.0 Å². The summed E-state index contributed by atoms with van der Waals surface area (Å²) in [4.78, 5) is 11.7. The molecule has 8 nitrogen and oxygen atoms in total. The summed E-state index contributed by atoms with van der Waals surface area (Å²) in [6, 6.07) is 17.1. The summed E-state index contributed by atoms with van der Waals surface area (Å²) in [6.45, 7) is 4.71. The minimum Gasteiger partial charge on any atom is -0.395 e. The van der Waals surface area contributed by atoms with Crippen LogP contribution in [0.5, 0.6) is 0 Å². The number of aliphatic hydroxyl groups is 1. The van der Waals surface area contributed by atoms with E-state index >= 15 is 0 Å². The Labute approximate surface area is 193 Å². The highest BCUT2D eigenvalue weighted by molar-refractivity contribution is 5.79. The Morgan fingerprint density at radius 1 is 1.12 bits per heavy atom. The van der Waals surface area contributed by atoms with Crippen molar-refractivity contribution in [3.8, 4) is 11.1 Å². The van der Waals surface area contributed by atoms with E-state index in [2.05, 4.69) is 62.9 Å². The van der Waals surface area contributed by atoms with E-state index in [1.54, 1.807) is 10.8 Å². The van der Waals surface area contributed by atoms with Crippen molar-refractivity contribution >= 4 is 23.0 Å². The number of benzene rings is 1. The van der Waals surface area contributed by atoms with Crippen LogP contribution in [0.15, 0.2) is 61.1 Å². The first-order valence-corrected chi connectivity index (χ1v) is 11.5. The quantitative estimate of drug-likeness (QED) is 0.359. The average molecular weight is 444 g/mol. The van der Waals surface area contributed by atoms with Gasteiger partial charge in [-0.25, -0.2) is 14.5 Å². The first-order valence-electron chi connectivity index (χ1n) is 11.5. The largest absolute Gasteiger partial charge is 0.395 e. The molecule has 1 aliphatic heterocycles. The third-order valence-electron chi connectivity index (χ3n) is 6.10. The van der Waals surface area contributed by atoms with Crippen LogP contribution in [0.1, 0.15) is 25.3 Å². The molecule has 0 bridgehead atoms. The fraction of sp³-hybridized carbons (Fsp3) is 0.320. The van der Waals surface area contributed by atoms with Crippen molar-refractivity contribution in [2.24, 2.45) is 0 Å². The molecule has 4 aromatic rings. The maximum absolute atomic E-state index is 9.01. The van der Waals surface area contributed by atoms with Crippen molar-refractivity contribution in [2.75, 3.05) is 29.9 Å². The van der Waals surface area contributed by atoms with Crippen LogP contribution < -0.4 is 15.5 Å². The van der Waals surface area contributed by atoms with Crippen LogP contribution in [0, 0.1) is 0 Å². The monoisotopic (exact) mass is 443 g/mol. The Bertz CT molecular complexity index is 1240. The number of nitrogens with zero attached hydrogens (tertiary/aromatic N) is 5. The Morgan fingerprint density at radius 2 is 2.03 bits per heavy atom. The van der Waals surface area contributed by atoms with Crippen molar-refractivity contribution in [1.82, 2.24) is 24.9 Å². The minimum atomic E-state index is 0.129. The SMILES string of the molecule is CC1CCCN1c1cccc(Nc2cc(-c3cccc(CNCCO)c3)cn3ncnc23)n1. The first-order chi connectivity index (χ1) is 16.2. The van der Waals surface area contributed by atoms with Gasteiger partial charge in [-0.05, 0) is 55.2 Å². The summed E-state index contributed by atoms with van der Waals surface area (Å²) >= 11 is 0. The molecule has 1 aromatic carbocycles. The van der Waals surface area contributed by atoms with Gasteiger partial charge in [0.05, 0.1) is 12.3 Å². The van der Waals surface area contributed by atoms with Gasteiger partial charge in [0.2, 0.25) is 0 Å². The van der Waals surface area contributed by atoms with E-state index < -0.39 is 0 Å². The van der Waals surface area contributed by atoms with E-state index in [-0.39, 0.29) is 6.61 Å². The molecule has 3 aromatic heterocycles. The molecular weight excluding hydrogens is 414 g/mol. The lowest BCUT2D eigenvalue weighted by atomic mass is 10.0. The van der Waals surface area contributed by atoms with Gasteiger partial charge in [0.25, 0.3) is 0 Å². The number of nitrogens with one attached hydrogen (secondary N) is 2. The van der Waals surface area contributed by atoms with Crippen molar-refractivity contribution in [2.45, 2.75) is 32.4 Å². The molecule has 1 saturated heterocycles. The maximum atomic E-state index is 9.01. The molecule has 3 N–H and O–H groups in total. The average Bonchev–Trinajstić information content (AvgIpc) is 3.49. The Morgan fingerprint density at radius 3 is 2.88 bits per heavy atom. The molecule has 1 aliphatic rings. The highest BCUT2D eigenvalue weighted by Crippen LogP contribution is 2.29. The highest BCUT2D eigenvalue weighted by atomic mass is 16.3. The van der Waals surface area contributed by atoms with E-state index in [1.807, 2.05) is 24.4 Å². The number of anilines is 3. The topological polar surface area (TPSA) is 90.6 Å². The summed E-state index contributed by atoms with van der Waals surface area (Å²) < 4.78 is 1.79. The molecule has 0 spiro atoms. The molecule has 170 valence electrons. The molecule has 1 unspecified atom stereocenters. The Balaban J connectivity index is 1.45. The number of hydrogen-bond acceptors (Lipinski definition) is 7. The predicted molar refractivity (Wildman–Crippen MR) is 131 cm³/mol. The second-order valence-electron chi connectivity index (χ2n) is 8.46. The lowest BCUT2D eigenvalue weighted by molar-refractivity contribution is 0.292. The van der Waals surface area contributed by atoms with Crippen LogP contribution in [0.25, 0.3) is 16.8 Å². The smallest absolute Gasteiger partial charge is 0.178 e. The van der Waals surface area contributed by atoms with Gasteiger partial charge in [-0.2, -0.15) is 5.10 Å². The number of rotatable bonds is 8. The van der Waals surface area contributed by atoms with Gasteiger partial charge < -0.3 is 20.6 Å². The van der Waals surface area contributed by atoms with E-state index in [1.165, 1.54) is 12.8 Å². The number of pyridine rings is 2. The molecule has 5 rings (SSSR count). The summed E-state index contributed by atoms with van der Waals surface area (Å²) in [5, 5.41) is 20.1. The zero-order chi connectivity index (χ0) is 22.6. The molecule has 0 amide bonds. The number of hydrogen-bond donors (Lipinski definition) is 3. The first kappa shape index (κ1) is 21.4. The van der Waals surface area contributed by atoms with Crippen molar-refractivity contribution < 1.29 is 5.11 Å². The van der Waals surface area contributed by atoms with Gasteiger partial charge in [-0.15, -0.1) is 0 Å². The number of aromatic nitrogens is 4. The van der Waals surface area contributed by atoms with Crippen LogP contribution in [-0.4, -0.2) is 50.4 Å². The zero-order valence-electron chi connectivity index (χ0n) is 18.8. The van der Waals surface area contributed by atoms with Crippen molar-refractivity contribution in [3.63, 3.8) is 0 Å². The molecular formula is C25H29N7O. The van der Waals surface area contributed by atoms with E-state index in [9.17, 15) is 0 Å². The molecule has 4 heterocycles. The van der Waals surface area contributed by atoms with Gasteiger partial charge in [0, 0.05) is 37.4 Å². The molecule has 1 atom stereocenters. The molecule has 0 aliphatic carbocycles. The summed E-state index contributed by atoms with van der Waals surface area (Å²) in [7, 11) is 0. The molecule has 33 heavy (non-hydrogen) atoms. The minimum absolute atomic E-state index is 0.129. The predicted octanol–water partition coefficient (Wildman–Crippen LogP) is 3.61. The van der Waals surface area contributed by atoms with Crippen LogP contribution in [-0.2, 0) is 6.54 Å². The van der Waals surface area contributed by atoms with Gasteiger partial charge in [-0.1, -0.05) is 24.3 Å². The van der Waals surface area contributed by atoms with Crippen molar-refractivity contribution in [3.05, 3.63) is 66.6 Å². The van der Waals surface area contributed by atoms with Crippen LogP contribution in [0.3, 0.4) is 0 Å². The van der Waals surface area contributed by atoms with Crippen LogP contribution in [0.2, 0.25) is 0 Å². The third-order valence-corrected chi connectivity index (χ3v) is 6.10. The Kier molecular flexibility index (Phi) is 6.19. The highest BCUT2D eigenvalue weighted by Gasteiger charge is 2.21. The fourth-order valence-corrected chi connectivity index (χ4v) is 4.41. The van der Waals surface area contributed by atoms with Crippen molar-refractivity contribution in [1.29, 1.82) is 0 Å². The molecule has 8 heteroatoms. The maximum Gasteiger partial charge on any atom is 0.178 e. The summed E-state index contributed by atoms with van der Waals surface area (Å²) in [5.74, 6) is 1.79. The zero-order valence-corrected chi connectivity index (χ0v) is 18.8. The van der Waals surface area contributed by atoms with Gasteiger partial charge in [0.15, 0.2) is 5.65 Å². The third kappa shape index (κ3) is 4.67.